The van der Waals surface area contributed by atoms with E-state index in [4.69, 9.17) is 9.84 Å². The van der Waals surface area contributed by atoms with Crippen LogP contribution >= 0.6 is 0 Å². The number of amides is 1. The van der Waals surface area contributed by atoms with Crippen molar-refractivity contribution in [1.29, 1.82) is 0 Å². The third kappa shape index (κ3) is 3.80. The van der Waals surface area contributed by atoms with Crippen molar-refractivity contribution in [2.75, 3.05) is 32.8 Å². The molecular weight excluding hydrogens is 324 g/mol. The fourth-order valence-corrected chi connectivity index (χ4v) is 3.67. The van der Waals surface area contributed by atoms with Crippen LogP contribution in [0, 0.1) is 0 Å². The number of carboxylic acids is 1. The first-order chi connectivity index (χ1) is 10.9. The summed E-state index contributed by atoms with van der Waals surface area (Å²) in [5.74, 6) is -1.11. The van der Waals surface area contributed by atoms with Gasteiger partial charge in [-0.2, -0.15) is 4.31 Å². The molecule has 23 heavy (non-hydrogen) atoms. The normalized spacial score (nSPS) is 16.1. The summed E-state index contributed by atoms with van der Waals surface area (Å²) in [5, 5.41) is 8.84. The van der Waals surface area contributed by atoms with Gasteiger partial charge in [0, 0.05) is 26.2 Å². The molecule has 8 nitrogen and oxygen atoms in total. The Morgan fingerprint density at radius 1 is 1.13 bits per heavy atom. The molecule has 0 bridgehead atoms. The van der Waals surface area contributed by atoms with Crippen molar-refractivity contribution < 1.29 is 27.9 Å². The van der Waals surface area contributed by atoms with E-state index in [1.165, 1.54) is 33.5 Å². The Kier molecular flexibility index (Phi) is 5.22. The Bertz CT molecular complexity index is 678. The first-order valence-corrected chi connectivity index (χ1v) is 8.55. The van der Waals surface area contributed by atoms with Crippen LogP contribution in [0.4, 0.5) is 4.79 Å². The summed E-state index contributed by atoms with van der Waals surface area (Å²) in [7, 11) is -3.70. The molecule has 0 atom stereocenters. The minimum atomic E-state index is -3.70. The number of ether oxygens (including phenoxy) is 1. The molecule has 2 rings (SSSR count). The number of aromatic carboxylic acids is 1. The third-order valence-corrected chi connectivity index (χ3v) is 5.42. The summed E-state index contributed by atoms with van der Waals surface area (Å²) < 4.78 is 31.2. The van der Waals surface area contributed by atoms with Gasteiger partial charge < -0.3 is 14.7 Å². The Balaban J connectivity index is 2.07. The maximum Gasteiger partial charge on any atom is 0.409 e. The molecule has 1 amide bonds. The second kappa shape index (κ2) is 6.97. The van der Waals surface area contributed by atoms with Crippen LogP contribution in [0.1, 0.15) is 17.3 Å². The average molecular weight is 342 g/mol. The molecule has 1 aromatic carbocycles. The van der Waals surface area contributed by atoms with E-state index in [0.717, 1.165) is 0 Å². The number of nitrogens with zero attached hydrogens (tertiary/aromatic N) is 2. The summed E-state index contributed by atoms with van der Waals surface area (Å²) in [6, 6.07) is 5.06. The topological polar surface area (TPSA) is 104 Å². The third-order valence-electron chi connectivity index (χ3n) is 3.50. The summed E-state index contributed by atoms with van der Waals surface area (Å²) in [6.07, 6.45) is -0.449. The Morgan fingerprint density at radius 2 is 1.70 bits per heavy atom. The van der Waals surface area contributed by atoms with Gasteiger partial charge in [-0.05, 0) is 31.2 Å². The van der Waals surface area contributed by atoms with Gasteiger partial charge in [0.1, 0.15) is 0 Å². The highest BCUT2D eigenvalue weighted by molar-refractivity contribution is 7.89. The van der Waals surface area contributed by atoms with Crippen molar-refractivity contribution in [3.8, 4) is 0 Å². The van der Waals surface area contributed by atoms with E-state index in [0.29, 0.717) is 0 Å². The van der Waals surface area contributed by atoms with Crippen molar-refractivity contribution in [2.24, 2.45) is 0 Å². The molecule has 126 valence electrons. The predicted molar refractivity (Wildman–Crippen MR) is 80.8 cm³/mol. The van der Waals surface area contributed by atoms with Gasteiger partial charge >= 0.3 is 12.1 Å². The minimum Gasteiger partial charge on any atom is -0.478 e. The number of sulfonamides is 1. The standard InChI is InChI=1S/C14H18N2O6S/c1-2-22-14(19)15-7-9-16(10-8-15)23(20,21)12-5-3-11(4-6-12)13(17)18/h3-6H,2,7-10H2,1H3,(H,17,18). The lowest BCUT2D eigenvalue weighted by Crippen LogP contribution is -2.50. The van der Waals surface area contributed by atoms with Crippen molar-refractivity contribution in [3.05, 3.63) is 29.8 Å². The highest BCUT2D eigenvalue weighted by Crippen LogP contribution is 2.18. The van der Waals surface area contributed by atoms with Crippen molar-refractivity contribution in [3.63, 3.8) is 0 Å². The highest BCUT2D eigenvalue weighted by Gasteiger charge is 2.30. The van der Waals surface area contributed by atoms with Crippen LogP contribution in [0.25, 0.3) is 0 Å². The largest absolute Gasteiger partial charge is 0.478 e. The molecule has 1 aromatic rings. The van der Waals surface area contributed by atoms with E-state index in [1.54, 1.807) is 6.92 Å². The average Bonchev–Trinajstić information content (AvgIpc) is 2.55. The molecule has 1 aliphatic heterocycles. The summed E-state index contributed by atoms with van der Waals surface area (Å²) in [4.78, 5) is 23.9. The lowest BCUT2D eigenvalue weighted by atomic mass is 10.2. The molecule has 0 spiro atoms. The summed E-state index contributed by atoms with van der Waals surface area (Å²) >= 11 is 0. The van der Waals surface area contributed by atoms with Gasteiger partial charge in [-0.15, -0.1) is 0 Å². The zero-order valence-corrected chi connectivity index (χ0v) is 13.5. The fraction of sp³-hybridized carbons (Fsp3) is 0.429. The van der Waals surface area contributed by atoms with E-state index < -0.39 is 22.1 Å². The number of rotatable bonds is 4. The smallest absolute Gasteiger partial charge is 0.409 e. The van der Waals surface area contributed by atoms with Gasteiger partial charge in [0.2, 0.25) is 10.0 Å². The first kappa shape index (κ1) is 17.2. The van der Waals surface area contributed by atoms with Crippen LogP contribution in [0.5, 0.6) is 0 Å². The quantitative estimate of drug-likeness (QED) is 0.870. The van der Waals surface area contributed by atoms with Crippen molar-refractivity contribution >= 4 is 22.1 Å². The number of carboxylic acid groups (broad SMARTS) is 1. The maximum absolute atomic E-state index is 12.5. The van der Waals surface area contributed by atoms with Gasteiger partial charge in [-0.3, -0.25) is 0 Å². The van der Waals surface area contributed by atoms with E-state index in [2.05, 4.69) is 0 Å². The molecule has 1 heterocycles. The Morgan fingerprint density at radius 3 is 2.17 bits per heavy atom. The molecule has 1 fully saturated rings. The summed E-state index contributed by atoms with van der Waals surface area (Å²) in [6.45, 7) is 2.83. The molecule has 9 heteroatoms. The van der Waals surface area contributed by atoms with Gasteiger partial charge in [0.15, 0.2) is 0 Å². The van der Waals surface area contributed by atoms with E-state index >= 15 is 0 Å². The number of carbonyl (C=O) groups excluding carboxylic acids is 1. The predicted octanol–water partition coefficient (Wildman–Crippen LogP) is 0.848. The fourth-order valence-electron chi connectivity index (χ4n) is 2.24. The molecule has 1 aliphatic rings. The van der Waals surface area contributed by atoms with Gasteiger partial charge in [-0.1, -0.05) is 0 Å². The van der Waals surface area contributed by atoms with E-state index in [1.807, 2.05) is 0 Å². The molecule has 0 unspecified atom stereocenters. The number of benzene rings is 1. The monoisotopic (exact) mass is 342 g/mol. The number of hydrogen-bond donors (Lipinski definition) is 1. The second-order valence-electron chi connectivity index (χ2n) is 4.92. The summed E-state index contributed by atoms with van der Waals surface area (Å²) in [5.41, 5.74) is 0.0241. The molecule has 1 saturated heterocycles. The van der Waals surface area contributed by atoms with Gasteiger partial charge in [0.25, 0.3) is 0 Å². The number of hydrogen-bond acceptors (Lipinski definition) is 5. The van der Waals surface area contributed by atoms with Crippen LogP contribution in [0.15, 0.2) is 29.2 Å². The zero-order chi connectivity index (χ0) is 17.0. The van der Waals surface area contributed by atoms with Gasteiger partial charge in [-0.25, -0.2) is 18.0 Å². The minimum absolute atomic E-state index is 0.0241. The first-order valence-electron chi connectivity index (χ1n) is 7.11. The molecule has 0 radical (unpaired) electrons. The van der Waals surface area contributed by atoms with Crippen LogP contribution in [0.3, 0.4) is 0 Å². The Labute approximate surface area is 134 Å². The maximum atomic E-state index is 12.5. The Hall–Kier alpha value is -2.13. The van der Waals surface area contributed by atoms with Crippen LogP contribution in [0.2, 0.25) is 0 Å². The molecule has 0 saturated carbocycles. The molecular formula is C14H18N2O6S. The second-order valence-corrected chi connectivity index (χ2v) is 6.86. The van der Waals surface area contributed by atoms with E-state index in [9.17, 15) is 18.0 Å². The van der Waals surface area contributed by atoms with E-state index in [-0.39, 0.29) is 43.2 Å². The lowest BCUT2D eigenvalue weighted by molar-refractivity contribution is 0.0696. The lowest BCUT2D eigenvalue weighted by Gasteiger charge is -2.33. The number of carbonyl (C=O) groups is 2. The van der Waals surface area contributed by atoms with Gasteiger partial charge in [0.05, 0.1) is 17.1 Å². The van der Waals surface area contributed by atoms with Crippen LogP contribution in [-0.4, -0.2) is 67.6 Å². The number of piperazine rings is 1. The highest BCUT2D eigenvalue weighted by atomic mass is 32.2. The van der Waals surface area contributed by atoms with Crippen molar-refractivity contribution in [2.45, 2.75) is 11.8 Å². The molecule has 0 aliphatic carbocycles. The zero-order valence-electron chi connectivity index (χ0n) is 12.6. The molecule has 0 aromatic heterocycles. The van der Waals surface area contributed by atoms with Crippen LogP contribution < -0.4 is 0 Å². The van der Waals surface area contributed by atoms with Crippen molar-refractivity contribution in [1.82, 2.24) is 9.21 Å². The molecule has 1 N–H and O–H groups in total. The van der Waals surface area contributed by atoms with Crippen LogP contribution in [-0.2, 0) is 14.8 Å². The SMILES string of the molecule is CCOC(=O)N1CCN(S(=O)(=O)c2ccc(C(=O)O)cc2)CC1.